The second kappa shape index (κ2) is 10.7. The van der Waals surface area contributed by atoms with E-state index in [9.17, 15) is 9.59 Å². The maximum Gasteiger partial charge on any atom is 0.289 e. The van der Waals surface area contributed by atoms with Crippen molar-refractivity contribution in [2.45, 2.75) is 32.7 Å². The number of rotatable bonds is 8. The zero-order valence-electron chi connectivity index (χ0n) is 18.3. The molecular formula is C24H30N2O5. The maximum atomic E-state index is 12.3. The summed E-state index contributed by atoms with van der Waals surface area (Å²) in [6.45, 7) is 5.96. The van der Waals surface area contributed by atoms with Crippen LogP contribution in [0.5, 0.6) is 11.5 Å². The molecule has 1 fully saturated rings. The van der Waals surface area contributed by atoms with Crippen molar-refractivity contribution < 1.29 is 23.5 Å². The summed E-state index contributed by atoms with van der Waals surface area (Å²) in [6, 6.07) is 9.00. The van der Waals surface area contributed by atoms with Gasteiger partial charge in [0.15, 0.2) is 17.3 Å². The van der Waals surface area contributed by atoms with E-state index in [0.717, 1.165) is 5.56 Å². The number of carbonyl (C=O) groups is 2. The minimum atomic E-state index is -0.157. The molecule has 31 heavy (non-hydrogen) atoms. The van der Waals surface area contributed by atoms with Crippen LogP contribution in [0.15, 0.2) is 47.1 Å². The monoisotopic (exact) mass is 426 g/mol. The highest BCUT2D eigenvalue weighted by Gasteiger charge is 2.25. The molecule has 1 saturated heterocycles. The van der Waals surface area contributed by atoms with Gasteiger partial charge in [-0.3, -0.25) is 9.59 Å². The zero-order chi connectivity index (χ0) is 22.2. The second-order valence-electron chi connectivity index (χ2n) is 8.00. The van der Waals surface area contributed by atoms with Crippen molar-refractivity contribution in [1.82, 2.24) is 10.2 Å². The topological polar surface area (TPSA) is 81.0 Å². The van der Waals surface area contributed by atoms with Gasteiger partial charge in [-0.2, -0.15) is 0 Å². The molecule has 1 aromatic heterocycles. The molecule has 0 saturated carbocycles. The van der Waals surface area contributed by atoms with Gasteiger partial charge in [0.2, 0.25) is 5.91 Å². The van der Waals surface area contributed by atoms with Gasteiger partial charge >= 0.3 is 0 Å². The summed E-state index contributed by atoms with van der Waals surface area (Å²) in [7, 11) is 1.60. The van der Waals surface area contributed by atoms with Gasteiger partial charge in [0.1, 0.15) is 0 Å². The van der Waals surface area contributed by atoms with Crippen molar-refractivity contribution in [3.05, 3.63) is 54.0 Å². The molecule has 0 atom stereocenters. The van der Waals surface area contributed by atoms with Crippen LogP contribution in [-0.2, 0) is 4.79 Å². The fourth-order valence-corrected chi connectivity index (χ4v) is 3.37. The lowest BCUT2D eigenvalue weighted by molar-refractivity contribution is -0.117. The number of hydrogen-bond donors (Lipinski definition) is 1. The Morgan fingerprint density at radius 1 is 1.23 bits per heavy atom. The standard InChI is InChI=1S/C24H30N2O5/c1-17(2)16-31-20-8-6-18(15-22(20)29-3)7-9-23(27)25-19-10-12-26(13-11-19)24(28)21-5-4-14-30-21/h4-9,14-15,17,19H,10-13,16H2,1-3H3,(H,25,27)/b9-7+. The van der Waals surface area contributed by atoms with Crippen molar-refractivity contribution in [2.24, 2.45) is 5.92 Å². The molecule has 0 radical (unpaired) electrons. The van der Waals surface area contributed by atoms with E-state index in [1.807, 2.05) is 18.2 Å². The first-order valence-corrected chi connectivity index (χ1v) is 10.6. The van der Waals surface area contributed by atoms with Crippen LogP contribution < -0.4 is 14.8 Å². The average molecular weight is 427 g/mol. The average Bonchev–Trinajstić information content (AvgIpc) is 3.31. The van der Waals surface area contributed by atoms with E-state index < -0.39 is 0 Å². The summed E-state index contributed by atoms with van der Waals surface area (Å²) in [4.78, 5) is 26.4. The van der Waals surface area contributed by atoms with Gasteiger partial charge in [0.05, 0.1) is 20.0 Å². The van der Waals surface area contributed by atoms with Crippen molar-refractivity contribution >= 4 is 17.9 Å². The Balaban J connectivity index is 1.49. The maximum absolute atomic E-state index is 12.3. The Morgan fingerprint density at radius 3 is 2.65 bits per heavy atom. The molecule has 3 rings (SSSR count). The lowest BCUT2D eigenvalue weighted by Gasteiger charge is -2.31. The Hall–Kier alpha value is -3.22. The lowest BCUT2D eigenvalue weighted by atomic mass is 10.0. The third-order valence-electron chi connectivity index (χ3n) is 5.05. The molecule has 7 heteroatoms. The van der Waals surface area contributed by atoms with Gasteiger partial charge in [-0.25, -0.2) is 0 Å². The number of amides is 2. The zero-order valence-corrected chi connectivity index (χ0v) is 18.3. The van der Waals surface area contributed by atoms with Gasteiger partial charge in [-0.05, 0) is 54.7 Å². The Bertz CT molecular complexity index is 897. The minimum Gasteiger partial charge on any atom is -0.493 e. The molecule has 2 heterocycles. The first-order chi connectivity index (χ1) is 15.0. The van der Waals surface area contributed by atoms with Crippen LogP contribution in [0.2, 0.25) is 0 Å². The number of nitrogens with zero attached hydrogens (tertiary/aromatic N) is 1. The van der Waals surface area contributed by atoms with Gasteiger partial charge in [-0.1, -0.05) is 19.9 Å². The number of ether oxygens (including phenoxy) is 2. The highest BCUT2D eigenvalue weighted by molar-refractivity contribution is 5.92. The summed E-state index contributed by atoms with van der Waals surface area (Å²) >= 11 is 0. The number of methoxy groups -OCH3 is 1. The molecule has 1 aliphatic heterocycles. The lowest BCUT2D eigenvalue weighted by Crippen LogP contribution is -2.46. The first-order valence-electron chi connectivity index (χ1n) is 10.6. The molecule has 0 spiro atoms. The number of furan rings is 1. The van der Waals surface area contributed by atoms with Crippen LogP contribution in [0.25, 0.3) is 6.08 Å². The molecule has 7 nitrogen and oxygen atoms in total. The second-order valence-corrected chi connectivity index (χ2v) is 8.00. The highest BCUT2D eigenvalue weighted by atomic mass is 16.5. The SMILES string of the molecule is COc1cc(/C=C/C(=O)NC2CCN(C(=O)c3ccco3)CC2)ccc1OCC(C)C. The van der Waals surface area contributed by atoms with Crippen LogP contribution in [0.1, 0.15) is 42.8 Å². The van der Waals surface area contributed by atoms with Gasteiger partial charge in [0, 0.05) is 25.2 Å². The van der Waals surface area contributed by atoms with Crippen LogP contribution in [-0.4, -0.2) is 49.6 Å². The summed E-state index contributed by atoms with van der Waals surface area (Å²) in [5.41, 5.74) is 0.850. The van der Waals surface area contributed by atoms with E-state index in [1.165, 1.54) is 12.3 Å². The van der Waals surface area contributed by atoms with Crippen molar-refractivity contribution in [3.8, 4) is 11.5 Å². The molecule has 0 unspecified atom stereocenters. The van der Waals surface area contributed by atoms with E-state index in [-0.39, 0.29) is 17.9 Å². The number of nitrogens with one attached hydrogen (secondary N) is 1. The summed E-state index contributed by atoms with van der Waals surface area (Å²) in [6.07, 6.45) is 6.18. The van der Waals surface area contributed by atoms with Crippen LogP contribution >= 0.6 is 0 Å². The summed E-state index contributed by atoms with van der Waals surface area (Å²) in [5.74, 6) is 1.83. The van der Waals surface area contributed by atoms with E-state index in [2.05, 4.69) is 19.2 Å². The Kier molecular flexibility index (Phi) is 7.76. The van der Waals surface area contributed by atoms with Crippen molar-refractivity contribution in [2.75, 3.05) is 26.8 Å². The third kappa shape index (κ3) is 6.38. The molecule has 0 bridgehead atoms. The third-order valence-corrected chi connectivity index (χ3v) is 5.05. The first kappa shape index (κ1) is 22.5. The molecule has 2 aromatic rings. The minimum absolute atomic E-state index is 0.0409. The number of piperidine rings is 1. The molecule has 2 amide bonds. The van der Waals surface area contributed by atoms with Crippen molar-refractivity contribution in [3.63, 3.8) is 0 Å². The predicted octanol–water partition coefficient (Wildman–Crippen LogP) is 3.76. The fraction of sp³-hybridized carbons (Fsp3) is 0.417. The fourth-order valence-electron chi connectivity index (χ4n) is 3.37. The largest absolute Gasteiger partial charge is 0.493 e. The predicted molar refractivity (Wildman–Crippen MR) is 118 cm³/mol. The van der Waals surface area contributed by atoms with Gasteiger partial charge in [0.25, 0.3) is 5.91 Å². The molecule has 0 aliphatic carbocycles. The van der Waals surface area contributed by atoms with E-state index in [4.69, 9.17) is 13.9 Å². The number of benzene rings is 1. The van der Waals surface area contributed by atoms with E-state index >= 15 is 0 Å². The quantitative estimate of drug-likeness (QED) is 0.650. The normalized spacial score (nSPS) is 14.8. The van der Waals surface area contributed by atoms with E-state index in [1.54, 1.807) is 30.2 Å². The summed E-state index contributed by atoms with van der Waals surface area (Å²) < 4.78 is 16.3. The van der Waals surface area contributed by atoms with Crippen molar-refractivity contribution in [1.29, 1.82) is 0 Å². The molecule has 1 aromatic carbocycles. The molecule has 1 N–H and O–H groups in total. The van der Waals surface area contributed by atoms with Gasteiger partial charge < -0.3 is 24.1 Å². The van der Waals surface area contributed by atoms with Crippen LogP contribution in [0.4, 0.5) is 0 Å². The van der Waals surface area contributed by atoms with Crippen LogP contribution in [0, 0.1) is 5.92 Å². The Labute approximate surface area is 183 Å². The van der Waals surface area contributed by atoms with Gasteiger partial charge in [-0.15, -0.1) is 0 Å². The van der Waals surface area contributed by atoms with Crippen LogP contribution in [0.3, 0.4) is 0 Å². The van der Waals surface area contributed by atoms with E-state index in [0.29, 0.717) is 55.7 Å². The number of carbonyl (C=O) groups excluding carboxylic acids is 2. The molecule has 1 aliphatic rings. The number of likely N-dealkylation sites (tertiary alicyclic amines) is 1. The highest BCUT2D eigenvalue weighted by Crippen LogP contribution is 2.29. The summed E-state index contributed by atoms with van der Waals surface area (Å²) in [5, 5.41) is 3.01. The number of hydrogen-bond acceptors (Lipinski definition) is 5. The molecule has 166 valence electrons. The Morgan fingerprint density at radius 2 is 2.00 bits per heavy atom. The smallest absolute Gasteiger partial charge is 0.289 e. The molecular weight excluding hydrogens is 396 g/mol.